The number of nitrogens with zero attached hydrogens (tertiary/aromatic N) is 2. The highest BCUT2D eigenvalue weighted by Gasteiger charge is 2.16. The lowest BCUT2D eigenvalue weighted by Gasteiger charge is -2.08. The second kappa shape index (κ2) is 6.58. The van der Waals surface area contributed by atoms with Gasteiger partial charge < -0.3 is 10.1 Å². The number of hydrogen-bond acceptors (Lipinski definition) is 3. The van der Waals surface area contributed by atoms with Gasteiger partial charge in [0.2, 0.25) is 0 Å². The van der Waals surface area contributed by atoms with Crippen molar-refractivity contribution in [2.75, 3.05) is 11.9 Å². The predicted molar refractivity (Wildman–Crippen MR) is 82.6 cm³/mol. The smallest absolute Gasteiger partial charge is 0.128 e. The van der Waals surface area contributed by atoms with Gasteiger partial charge in [-0.25, -0.2) is 4.39 Å². The van der Waals surface area contributed by atoms with Gasteiger partial charge in [0.1, 0.15) is 5.82 Å². The predicted octanol–water partition coefficient (Wildman–Crippen LogP) is 3.58. The van der Waals surface area contributed by atoms with Crippen LogP contribution >= 0.6 is 15.9 Å². The van der Waals surface area contributed by atoms with E-state index >= 15 is 0 Å². The molecule has 6 heteroatoms. The van der Waals surface area contributed by atoms with Crippen LogP contribution in [-0.2, 0) is 17.8 Å². The van der Waals surface area contributed by atoms with E-state index in [0.29, 0.717) is 12.1 Å². The van der Waals surface area contributed by atoms with Crippen molar-refractivity contribution in [1.29, 1.82) is 0 Å². The number of hydrogen-bond donors (Lipinski definition) is 1. The van der Waals surface area contributed by atoms with Crippen LogP contribution < -0.4 is 5.32 Å². The maximum absolute atomic E-state index is 13.6. The van der Waals surface area contributed by atoms with E-state index in [2.05, 4.69) is 26.3 Å². The molecule has 1 aliphatic heterocycles. The van der Waals surface area contributed by atoms with Gasteiger partial charge in [0, 0.05) is 29.4 Å². The van der Waals surface area contributed by atoms with E-state index in [4.69, 9.17) is 4.74 Å². The molecule has 1 atom stereocenters. The molecule has 1 aromatic heterocycles. The molecule has 1 aromatic carbocycles. The van der Waals surface area contributed by atoms with Crippen molar-refractivity contribution in [3.05, 3.63) is 46.4 Å². The first-order valence-corrected chi connectivity index (χ1v) is 7.82. The molecule has 0 aliphatic carbocycles. The monoisotopic (exact) mass is 353 g/mol. The van der Waals surface area contributed by atoms with Crippen molar-refractivity contribution in [3.63, 3.8) is 0 Å². The van der Waals surface area contributed by atoms with Crippen LogP contribution in [0.1, 0.15) is 18.4 Å². The SMILES string of the molecule is Fc1ccc(Br)cc1CNc1cnn(CC2CCCO2)c1. The van der Waals surface area contributed by atoms with E-state index in [1.54, 1.807) is 18.3 Å². The molecule has 0 saturated carbocycles. The third-order valence-corrected chi connectivity index (χ3v) is 4.03. The Morgan fingerprint density at radius 1 is 1.48 bits per heavy atom. The largest absolute Gasteiger partial charge is 0.378 e. The standard InChI is InChI=1S/C15H17BrFN3O/c16-12-3-4-15(17)11(6-12)7-18-13-8-19-20(9-13)10-14-2-1-5-21-14/h3-4,6,8-9,14,18H,1-2,5,7,10H2. The Morgan fingerprint density at radius 3 is 3.19 bits per heavy atom. The van der Waals surface area contributed by atoms with Crippen molar-refractivity contribution in [3.8, 4) is 0 Å². The number of benzene rings is 1. The Balaban J connectivity index is 1.58. The van der Waals surface area contributed by atoms with Gasteiger partial charge in [-0.2, -0.15) is 5.10 Å². The molecule has 1 aliphatic rings. The molecule has 3 rings (SSSR count). The lowest BCUT2D eigenvalue weighted by Crippen LogP contribution is -2.15. The highest BCUT2D eigenvalue weighted by molar-refractivity contribution is 9.10. The van der Waals surface area contributed by atoms with Gasteiger partial charge in [-0.05, 0) is 31.0 Å². The Kier molecular flexibility index (Phi) is 4.55. The van der Waals surface area contributed by atoms with Crippen molar-refractivity contribution < 1.29 is 9.13 Å². The zero-order chi connectivity index (χ0) is 14.7. The number of aromatic nitrogens is 2. The third kappa shape index (κ3) is 3.83. The number of anilines is 1. The molecule has 4 nitrogen and oxygen atoms in total. The average molecular weight is 354 g/mol. The fraction of sp³-hybridized carbons (Fsp3) is 0.400. The van der Waals surface area contributed by atoms with Crippen LogP contribution in [0.15, 0.2) is 35.1 Å². The molecule has 1 N–H and O–H groups in total. The molecule has 112 valence electrons. The minimum absolute atomic E-state index is 0.211. The van der Waals surface area contributed by atoms with Gasteiger partial charge >= 0.3 is 0 Å². The van der Waals surface area contributed by atoms with Crippen molar-refractivity contribution in [2.45, 2.75) is 32.0 Å². The normalized spacial score (nSPS) is 18.1. The second-order valence-electron chi connectivity index (χ2n) is 5.18. The average Bonchev–Trinajstić information content (AvgIpc) is 3.12. The molecule has 1 saturated heterocycles. The summed E-state index contributed by atoms with van der Waals surface area (Å²) in [6.07, 6.45) is 6.16. The van der Waals surface area contributed by atoms with Gasteiger partial charge in [-0.1, -0.05) is 15.9 Å². The Labute approximate surface area is 131 Å². The van der Waals surface area contributed by atoms with Crippen molar-refractivity contribution in [1.82, 2.24) is 9.78 Å². The van der Waals surface area contributed by atoms with E-state index in [-0.39, 0.29) is 11.9 Å². The fourth-order valence-corrected chi connectivity index (χ4v) is 2.84. The zero-order valence-electron chi connectivity index (χ0n) is 11.6. The maximum Gasteiger partial charge on any atom is 0.128 e. The zero-order valence-corrected chi connectivity index (χ0v) is 13.1. The lowest BCUT2D eigenvalue weighted by molar-refractivity contribution is 0.0940. The number of nitrogens with one attached hydrogen (secondary N) is 1. The molecule has 0 amide bonds. The number of rotatable bonds is 5. The summed E-state index contributed by atoms with van der Waals surface area (Å²) in [6.45, 7) is 2.04. The minimum atomic E-state index is -0.211. The topological polar surface area (TPSA) is 39.1 Å². The first kappa shape index (κ1) is 14.5. The third-order valence-electron chi connectivity index (χ3n) is 3.54. The van der Waals surface area contributed by atoms with Crippen LogP contribution in [0, 0.1) is 5.82 Å². The fourth-order valence-electron chi connectivity index (χ4n) is 2.43. The van der Waals surface area contributed by atoms with E-state index in [1.807, 2.05) is 10.9 Å². The van der Waals surface area contributed by atoms with Gasteiger partial charge in [-0.15, -0.1) is 0 Å². The van der Waals surface area contributed by atoms with Crippen LogP contribution in [0.25, 0.3) is 0 Å². The van der Waals surface area contributed by atoms with Crippen molar-refractivity contribution in [2.24, 2.45) is 0 Å². The van der Waals surface area contributed by atoms with Gasteiger partial charge in [0.05, 0.1) is 24.5 Å². The Bertz CT molecular complexity index is 611. The lowest BCUT2D eigenvalue weighted by atomic mass is 10.2. The first-order chi connectivity index (χ1) is 10.2. The van der Waals surface area contributed by atoms with Gasteiger partial charge in [0.15, 0.2) is 0 Å². The quantitative estimate of drug-likeness (QED) is 0.892. The van der Waals surface area contributed by atoms with Gasteiger partial charge in [-0.3, -0.25) is 4.68 Å². The first-order valence-electron chi connectivity index (χ1n) is 7.02. The molecule has 2 aromatic rings. The molecule has 0 radical (unpaired) electrons. The summed E-state index contributed by atoms with van der Waals surface area (Å²) >= 11 is 3.35. The van der Waals surface area contributed by atoms with Crippen LogP contribution in [0.4, 0.5) is 10.1 Å². The van der Waals surface area contributed by atoms with Crippen molar-refractivity contribution >= 4 is 21.6 Å². The molecule has 0 bridgehead atoms. The summed E-state index contributed by atoms with van der Waals surface area (Å²) in [7, 11) is 0. The molecule has 1 unspecified atom stereocenters. The van der Waals surface area contributed by atoms with Crippen LogP contribution in [0.3, 0.4) is 0 Å². The molecule has 2 heterocycles. The molecular weight excluding hydrogens is 337 g/mol. The van der Waals surface area contributed by atoms with E-state index in [1.165, 1.54) is 6.07 Å². The summed E-state index contributed by atoms with van der Waals surface area (Å²) in [6, 6.07) is 4.93. The summed E-state index contributed by atoms with van der Waals surface area (Å²) in [5.41, 5.74) is 1.50. The minimum Gasteiger partial charge on any atom is -0.378 e. The highest BCUT2D eigenvalue weighted by atomic mass is 79.9. The summed E-state index contributed by atoms with van der Waals surface area (Å²) in [5.74, 6) is -0.211. The van der Waals surface area contributed by atoms with E-state index in [0.717, 1.165) is 36.2 Å². The molecule has 21 heavy (non-hydrogen) atoms. The Hall–Kier alpha value is -1.40. The van der Waals surface area contributed by atoms with E-state index in [9.17, 15) is 4.39 Å². The number of halogens is 2. The number of ether oxygens (including phenoxy) is 1. The summed E-state index contributed by atoms with van der Waals surface area (Å²) < 4.78 is 22.0. The van der Waals surface area contributed by atoms with Crippen LogP contribution in [-0.4, -0.2) is 22.5 Å². The molecule has 1 fully saturated rings. The van der Waals surface area contributed by atoms with Crippen LogP contribution in [0.2, 0.25) is 0 Å². The van der Waals surface area contributed by atoms with Crippen LogP contribution in [0.5, 0.6) is 0 Å². The Morgan fingerprint density at radius 2 is 2.38 bits per heavy atom. The molecule has 0 spiro atoms. The summed E-state index contributed by atoms with van der Waals surface area (Å²) in [4.78, 5) is 0. The second-order valence-corrected chi connectivity index (χ2v) is 6.09. The maximum atomic E-state index is 13.6. The molecular formula is C15H17BrFN3O. The summed E-state index contributed by atoms with van der Waals surface area (Å²) in [5, 5.41) is 7.49. The van der Waals surface area contributed by atoms with Gasteiger partial charge in [0.25, 0.3) is 0 Å². The highest BCUT2D eigenvalue weighted by Crippen LogP contribution is 2.18. The van der Waals surface area contributed by atoms with E-state index < -0.39 is 0 Å².